The third-order valence-electron chi connectivity index (χ3n) is 1.89. The molecule has 86 valence electrons. The number of aliphatic hydroxyl groups excluding tert-OH is 4. The zero-order valence-corrected chi connectivity index (χ0v) is 8.42. The lowest BCUT2D eigenvalue weighted by Crippen LogP contribution is -2.48. The minimum absolute atomic E-state index is 0.0928. The highest BCUT2D eigenvalue weighted by Gasteiger charge is 2.29. The summed E-state index contributed by atoms with van der Waals surface area (Å²) in [4.78, 5) is 0. The van der Waals surface area contributed by atoms with Gasteiger partial charge in [0.25, 0.3) is 0 Å². The highest BCUT2D eigenvalue weighted by molar-refractivity contribution is 4.81. The van der Waals surface area contributed by atoms with Crippen molar-refractivity contribution in [3.05, 3.63) is 0 Å². The molecule has 0 rings (SSSR count). The van der Waals surface area contributed by atoms with Gasteiger partial charge >= 0.3 is 0 Å². The summed E-state index contributed by atoms with van der Waals surface area (Å²) in [6, 6.07) is 0. The molecule has 0 amide bonds. The van der Waals surface area contributed by atoms with Gasteiger partial charge in [-0.25, -0.2) is 0 Å². The fourth-order valence-corrected chi connectivity index (χ4v) is 1.05. The van der Waals surface area contributed by atoms with Crippen LogP contribution in [0.4, 0.5) is 0 Å². The molecule has 0 aromatic rings. The first kappa shape index (κ1) is 13.8. The van der Waals surface area contributed by atoms with Gasteiger partial charge in [-0.1, -0.05) is 0 Å². The molecule has 0 heterocycles. The molecule has 0 spiro atoms. The maximum atomic E-state index is 9.36. The van der Waals surface area contributed by atoms with Crippen LogP contribution >= 0.6 is 0 Å². The van der Waals surface area contributed by atoms with Crippen molar-refractivity contribution in [2.75, 3.05) is 27.3 Å². The van der Waals surface area contributed by atoms with Gasteiger partial charge in [0.05, 0.1) is 12.7 Å². The first-order chi connectivity index (χ1) is 6.54. The molecule has 0 aromatic carbocycles. The molecule has 0 bridgehead atoms. The van der Waals surface area contributed by atoms with Gasteiger partial charge in [0.15, 0.2) is 0 Å². The molecule has 6 nitrogen and oxygen atoms in total. The molecule has 0 aliphatic heterocycles. The number of likely N-dealkylation sites (N-methyl/N-ethyl adjacent to an activating group) is 1. The van der Waals surface area contributed by atoms with E-state index >= 15 is 0 Å². The smallest absolute Gasteiger partial charge is 0.111 e. The second kappa shape index (κ2) is 7.10. The van der Waals surface area contributed by atoms with Gasteiger partial charge in [0.2, 0.25) is 0 Å². The molecule has 5 N–H and O–H groups in total. The molecule has 14 heavy (non-hydrogen) atoms. The lowest BCUT2D eigenvalue weighted by atomic mass is 10.0. The van der Waals surface area contributed by atoms with Crippen LogP contribution in [0, 0.1) is 0 Å². The molecule has 0 saturated carbocycles. The molecule has 4 atom stereocenters. The Morgan fingerprint density at radius 2 is 1.57 bits per heavy atom. The van der Waals surface area contributed by atoms with Gasteiger partial charge in [0.1, 0.15) is 18.3 Å². The van der Waals surface area contributed by atoms with Crippen LogP contribution in [0.2, 0.25) is 0 Å². The summed E-state index contributed by atoms with van der Waals surface area (Å²) in [5, 5.41) is 39.9. The van der Waals surface area contributed by atoms with E-state index in [1.54, 1.807) is 7.05 Å². The second-order valence-corrected chi connectivity index (χ2v) is 3.13. The molecular formula is C8H19NO5. The Hall–Kier alpha value is -0.240. The predicted molar refractivity (Wildman–Crippen MR) is 49.8 cm³/mol. The molecule has 0 aliphatic carbocycles. The van der Waals surface area contributed by atoms with Crippen molar-refractivity contribution >= 4 is 0 Å². The van der Waals surface area contributed by atoms with Crippen molar-refractivity contribution in [2.45, 2.75) is 24.4 Å². The predicted octanol–water partition coefficient (Wildman–Crippen LogP) is -2.70. The zero-order chi connectivity index (χ0) is 11.1. The molecule has 0 fully saturated rings. The Morgan fingerprint density at radius 3 is 2.00 bits per heavy atom. The summed E-state index contributed by atoms with van der Waals surface area (Å²) in [6.07, 6.45) is -5.14. The Bertz CT molecular complexity index is 130. The van der Waals surface area contributed by atoms with Gasteiger partial charge in [-0.2, -0.15) is 0 Å². The molecule has 0 radical (unpaired) electrons. The van der Waals surface area contributed by atoms with Crippen LogP contribution in [-0.2, 0) is 4.74 Å². The molecule has 0 saturated heterocycles. The van der Waals surface area contributed by atoms with Crippen LogP contribution in [0.25, 0.3) is 0 Å². The topological polar surface area (TPSA) is 102 Å². The van der Waals surface area contributed by atoms with Crippen molar-refractivity contribution in [3.8, 4) is 0 Å². The lowest BCUT2D eigenvalue weighted by Gasteiger charge is -2.25. The monoisotopic (exact) mass is 209 g/mol. The van der Waals surface area contributed by atoms with E-state index in [0.717, 1.165) is 0 Å². The van der Waals surface area contributed by atoms with E-state index in [1.165, 1.54) is 7.11 Å². The molecule has 6 heteroatoms. The molecule has 0 aromatic heterocycles. The summed E-state index contributed by atoms with van der Waals surface area (Å²) < 4.78 is 4.60. The van der Waals surface area contributed by atoms with Gasteiger partial charge in [-0.3, -0.25) is 0 Å². The Labute approximate surface area is 83.1 Å². The second-order valence-electron chi connectivity index (χ2n) is 3.13. The van der Waals surface area contributed by atoms with E-state index in [-0.39, 0.29) is 13.2 Å². The third-order valence-corrected chi connectivity index (χ3v) is 1.89. The van der Waals surface area contributed by atoms with E-state index < -0.39 is 24.4 Å². The summed E-state index contributed by atoms with van der Waals surface area (Å²) in [7, 11) is 2.97. The standard InChI is InChI=1S/C8H19NO5/c1-9-3-5(10)7(12)8(13)6(11)4-14-2/h5-13H,3-4H2,1-2H3. The summed E-state index contributed by atoms with van der Waals surface area (Å²) in [5.74, 6) is 0. The quantitative estimate of drug-likeness (QED) is 0.312. The lowest BCUT2D eigenvalue weighted by molar-refractivity contribution is -0.117. The van der Waals surface area contributed by atoms with E-state index in [0.29, 0.717) is 0 Å². The van der Waals surface area contributed by atoms with Gasteiger partial charge in [0, 0.05) is 13.7 Å². The number of hydrogen-bond donors (Lipinski definition) is 5. The number of rotatable bonds is 7. The van der Waals surface area contributed by atoms with Gasteiger partial charge < -0.3 is 30.5 Å². The number of ether oxygens (including phenoxy) is 1. The number of hydrogen-bond acceptors (Lipinski definition) is 6. The van der Waals surface area contributed by atoms with Gasteiger partial charge in [-0.15, -0.1) is 0 Å². The first-order valence-electron chi connectivity index (χ1n) is 4.40. The van der Waals surface area contributed by atoms with Crippen molar-refractivity contribution in [1.29, 1.82) is 0 Å². The minimum atomic E-state index is -1.42. The Kier molecular flexibility index (Phi) is 6.98. The fraction of sp³-hybridized carbons (Fsp3) is 1.00. The normalized spacial score (nSPS) is 20.1. The summed E-state index contributed by atoms with van der Waals surface area (Å²) >= 11 is 0. The van der Waals surface area contributed by atoms with E-state index in [2.05, 4.69) is 10.1 Å². The highest BCUT2D eigenvalue weighted by Crippen LogP contribution is 2.04. The SMILES string of the molecule is CNCC(O)C(O)C(O)C(O)COC. The number of nitrogens with one attached hydrogen (secondary N) is 1. The zero-order valence-electron chi connectivity index (χ0n) is 8.42. The maximum absolute atomic E-state index is 9.36. The average molecular weight is 209 g/mol. The van der Waals surface area contributed by atoms with Crippen LogP contribution in [-0.4, -0.2) is 72.2 Å². The molecule has 4 unspecified atom stereocenters. The Balaban J connectivity index is 4.01. The first-order valence-corrected chi connectivity index (χ1v) is 4.40. The molecule has 0 aliphatic rings. The van der Waals surface area contributed by atoms with Crippen molar-refractivity contribution in [1.82, 2.24) is 5.32 Å². The number of aliphatic hydroxyl groups is 4. The van der Waals surface area contributed by atoms with Crippen LogP contribution in [0.1, 0.15) is 0 Å². The summed E-state index contributed by atoms with van der Waals surface area (Å²) in [5.41, 5.74) is 0. The van der Waals surface area contributed by atoms with Crippen LogP contribution in [0.5, 0.6) is 0 Å². The van der Waals surface area contributed by atoms with Crippen LogP contribution in [0.15, 0.2) is 0 Å². The third kappa shape index (κ3) is 4.32. The van der Waals surface area contributed by atoms with Crippen LogP contribution < -0.4 is 5.32 Å². The highest BCUT2D eigenvalue weighted by atomic mass is 16.5. The average Bonchev–Trinajstić information content (AvgIpc) is 2.16. The fourth-order valence-electron chi connectivity index (χ4n) is 1.05. The van der Waals surface area contributed by atoms with E-state index in [4.69, 9.17) is 0 Å². The summed E-state index contributed by atoms with van der Waals surface area (Å²) in [6.45, 7) is 0.0441. The van der Waals surface area contributed by atoms with Crippen molar-refractivity contribution < 1.29 is 25.2 Å². The largest absolute Gasteiger partial charge is 0.389 e. The molecular weight excluding hydrogens is 190 g/mol. The number of methoxy groups -OCH3 is 1. The Morgan fingerprint density at radius 1 is 1.07 bits per heavy atom. The van der Waals surface area contributed by atoms with E-state index in [1.807, 2.05) is 0 Å². The van der Waals surface area contributed by atoms with E-state index in [9.17, 15) is 20.4 Å². The van der Waals surface area contributed by atoms with Crippen molar-refractivity contribution in [3.63, 3.8) is 0 Å². The van der Waals surface area contributed by atoms with Crippen LogP contribution in [0.3, 0.4) is 0 Å². The van der Waals surface area contributed by atoms with Crippen molar-refractivity contribution in [2.24, 2.45) is 0 Å². The minimum Gasteiger partial charge on any atom is -0.389 e. The van der Waals surface area contributed by atoms with Gasteiger partial charge in [-0.05, 0) is 7.05 Å². The maximum Gasteiger partial charge on any atom is 0.111 e.